The number of amides is 2. The van der Waals surface area contributed by atoms with E-state index in [0.717, 1.165) is 0 Å². The zero-order valence-corrected chi connectivity index (χ0v) is 25.7. The molecule has 2 amide bonds. The van der Waals surface area contributed by atoms with Crippen LogP contribution in [0.15, 0.2) is 24.5 Å². The highest BCUT2D eigenvalue weighted by molar-refractivity contribution is 6.00. The molecule has 2 aromatic rings. The first-order chi connectivity index (χ1) is 20.5. The molecule has 0 aromatic carbocycles. The molecular formula is C28H46N6O8. The molecule has 0 aliphatic heterocycles. The topological polar surface area (TPSA) is 130 Å². The number of rotatable bonds is 22. The largest absolute Gasteiger partial charge is 0.383 e. The van der Waals surface area contributed by atoms with E-state index in [-0.39, 0.29) is 34.8 Å². The molecule has 0 saturated carbocycles. The van der Waals surface area contributed by atoms with Crippen LogP contribution in [-0.4, -0.2) is 158 Å². The summed E-state index contributed by atoms with van der Waals surface area (Å²) in [6.07, 6.45) is 3.51. The maximum Gasteiger partial charge on any atom is 0.276 e. The van der Waals surface area contributed by atoms with Gasteiger partial charge in [-0.1, -0.05) is 0 Å². The Kier molecular flexibility index (Phi) is 16.6. The van der Waals surface area contributed by atoms with E-state index in [9.17, 15) is 9.59 Å². The van der Waals surface area contributed by atoms with Crippen molar-refractivity contribution >= 4 is 17.6 Å². The summed E-state index contributed by atoms with van der Waals surface area (Å²) in [6.45, 7) is 4.06. The molecule has 0 fully saturated rings. The number of methoxy groups -OCH3 is 6. The summed E-state index contributed by atoms with van der Waals surface area (Å²) < 4.78 is 33.4. The minimum atomic E-state index is -0.366. The Balaban J connectivity index is 2.80. The molecule has 0 spiro atoms. The predicted octanol–water partition coefficient (Wildman–Crippen LogP) is 0.837. The molecule has 0 bridgehead atoms. The summed E-state index contributed by atoms with van der Waals surface area (Å²) in [7, 11) is 9.49. The van der Waals surface area contributed by atoms with Crippen LogP contribution < -0.4 is 4.90 Å². The van der Waals surface area contributed by atoms with Gasteiger partial charge in [0.1, 0.15) is 0 Å². The van der Waals surface area contributed by atoms with Crippen molar-refractivity contribution < 1.29 is 38.0 Å². The van der Waals surface area contributed by atoms with Crippen LogP contribution in [-0.2, 0) is 28.4 Å². The molecule has 236 valence electrons. The zero-order chi connectivity index (χ0) is 30.7. The van der Waals surface area contributed by atoms with E-state index in [1.54, 1.807) is 69.4 Å². The van der Waals surface area contributed by atoms with Gasteiger partial charge in [0.25, 0.3) is 11.8 Å². The summed E-state index contributed by atoms with van der Waals surface area (Å²) in [5, 5.41) is 0. The second kappa shape index (κ2) is 19.9. The number of anilines is 1. The Morgan fingerprint density at radius 3 is 1.38 bits per heavy atom. The molecule has 14 nitrogen and oxygen atoms in total. The monoisotopic (exact) mass is 594 g/mol. The predicted molar refractivity (Wildman–Crippen MR) is 157 cm³/mol. The van der Waals surface area contributed by atoms with E-state index in [1.807, 2.05) is 17.0 Å². The molecular weight excluding hydrogens is 548 g/mol. The van der Waals surface area contributed by atoms with Crippen LogP contribution in [0.3, 0.4) is 0 Å². The van der Waals surface area contributed by atoms with Crippen LogP contribution in [0.1, 0.15) is 21.0 Å². The second-order valence-corrected chi connectivity index (χ2v) is 9.19. The number of hydrogen-bond donors (Lipinski definition) is 0. The van der Waals surface area contributed by atoms with Gasteiger partial charge in [0.2, 0.25) is 0 Å². The van der Waals surface area contributed by atoms with Crippen LogP contribution in [0, 0.1) is 0 Å². The van der Waals surface area contributed by atoms with Crippen molar-refractivity contribution in [3.8, 4) is 5.82 Å². The molecule has 0 aliphatic rings. The van der Waals surface area contributed by atoms with E-state index < -0.39 is 0 Å². The summed E-state index contributed by atoms with van der Waals surface area (Å²) in [4.78, 5) is 43.0. The zero-order valence-electron chi connectivity index (χ0n) is 25.7. The van der Waals surface area contributed by atoms with Crippen LogP contribution in [0.25, 0.3) is 5.82 Å². The fraction of sp³-hybridized carbons (Fsp3) is 0.643. The minimum absolute atomic E-state index is 0.0881. The lowest BCUT2D eigenvalue weighted by molar-refractivity contribution is 0.0610. The minimum Gasteiger partial charge on any atom is -0.383 e. The molecule has 14 heteroatoms. The smallest absolute Gasteiger partial charge is 0.276 e. The van der Waals surface area contributed by atoms with Gasteiger partial charge < -0.3 is 47.7 Å². The van der Waals surface area contributed by atoms with Crippen molar-refractivity contribution in [3.05, 3.63) is 35.9 Å². The number of hydrogen-bond acceptors (Lipinski definition) is 11. The summed E-state index contributed by atoms with van der Waals surface area (Å²) >= 11 is 0. The van der Waals surface area contributed by atoms with E-state index in [0.29, 0.717) is 78.9 Å². The van der Waals surface area contributed by atoms with Gasteiger partial charge in [-0.05, 0) is 12.1 Å². The van der Waals surface area contributed by atoms with Gasteiger partial charge in [-0.3, -0.25) is 9.59 Å². The fourth-order valence-electron chi connectivity index (χ4n) is 4.04. The second-order valence-electron chi connectivity index (χ2n) is 9.19. The average Bonchev–Trinajstić information content (AvgIpc) is 3.55. The lowest BCUT2D eigenvalue weighted by Gasteiger charge is -2.29. The van der Waals surface area contributed by atoms with E-state index in [4.69, 9.17) is 38.4 Å². The first kappa shape index (κ1) is 35.1. The van der Waals surface area contributed by atoms with Gasteiger partial charge >= 0.3 is 0 Å². The third kappa shape index (κ3) is 10.3. The Labute approximate surface area is 248 Å². The van der Waals surface area contributed by atoms with Gasteiger partial charge in [0.15, 0.2) is 23.0 Å². The molecule has 0 N–H and O–H groups in total. The molecule has 0 aliphatic carbocycles. The quantitative estimate of drug-likeness (QED) is 0.192. The Hall–Kier alpha value is -3.14. The number of ether oxygens (including phenoxy) is 6. The van der Waals surface area contributed by atoms with Gasteiger partial charge in [0.05, 0.1) is 39.6 Å². The standard InChI is InChI=1S/C28H46N6O8/c1-37-17-11-32(12-18-38-2)26-24(28(36)34(15-21-41-5)16-22-42-6)29-25(31-9-7-8-10-31)23(30-26)27(35)33(13-19-39-3)14-20-40-4/h7-10H,11-22H2,1-6H3. The van der Waals surface area contributed by atoms with Gasteiger partial charge in [-0.15, -0.1) is 0 Å². The van der Waals surface area contributed by atoms with Crippen molar-refractivity contribution in [2.45, 2.75) is 0 Å². The number of carbonyl (C=O) groups excluding carboxylic acids is 2. The lowest BCUT2D eigenvalue weighted by Crippen LogP contribution is -2.41. The number of carbonyl (C=O) groups is 2. The number of nitrogens with zero attached hydrogens (tertiary/aromatic N) is 6. The first-order valence-corrected chi connectivity index (χ1v) is 13.8. The van der Waals surface area contributed by atoms with Crippen LogP contribution in [0.4, 0.5) is 5.82 Å². The molecule has 0 unspecified atom stereocenters. The maximum atomic E-state index is 14.1. The van der Waals surface area contributed by atoms with Crippen LogP contribution in [0.2, 0.25) is 0 Å². The fourth-order valence-corrected chi connectivity index (χ4v) is 4.04. The van der Waals surface area contributed by atoms with Crippen molar-refractivity contribution in [2.24, 2.45) is 0 Å². The molecule has 0 atom stereocenters. The maximum absolute atomic E-state index is 14.1. The van der Waals surface area contributed by atoms with Gasteiger partial charge in [-0.2, -0.15) is 0 Å². The van der Waals surface area contributed by atoms with Crippen molar-refractivity contribution in [3.63, 3.8) is 0 Å². The van der Waals surface area contributed by atoms with Gasteiger partial charge in [0, 0.05) is 94.3 Å². The highest BCUT2D eigenvalue weighted by atomic mass is 16.5. The van der Waals surface area contributed by atoms with Crippen molar-refractivity contribution in [1.82, 2.24) is 24.3 Å². The van der Waals surface area contributed by atoms with Crippen LogP contribution >= 0.6 is 0 Å². The third-order valence-electron chi connectivity index (χ3n) is 6.38. The Bertz CT molecular complexity index is 1030. The molecule has 0 radical (unpaired) electrons. The summed E-state index contributed by atoms with van der Waals surface area (Å²) in [5.74, 6) is -0.246. The normalized spacial score (nSPS) is 11.1. The van der Waals surface area contributed by atoms with E-state index >= 15 is 0 Å². The van der Waals surface area contributed by atoms with Crippen LogP contribution in [0.5, 0.6) is 0 Å². The van der Waals surface area contributed by atoms with E-state index in [1.165, 1.54) is 0 Å². The Morgan fingerprint density at radius 2 is 0.976 bits per heavy atom. The average molecular weight is 595 g/mol. The van der Waals surface area contributed by atoms with Crippen molar-refractivity contribution in [2.75, 3.05) is 126 Å². The third-order valence-corrected chi connectivity index (χ3v) is 6.38. The number of aromatic nitrogens is 3. The molecule has 42 heavy (non-hydrogen) atoms. The molecule has 2 rings (SSSR count). The summed E-state index contributed by atoms with van der Waals surface area (Å²) in [6, 6.07) is 3.62. The first-order valence-electron chi connectivity index (χ1n) is 13.8. The Morgan fingerprint density at radius 1 is 0.595 bits per heavy atom. The highest BCUT2D eigenvalue weighted by Crippen LogP contribution is 2.24. The van der Waals surface area contributed by atoms with Crippen molar-refractivity contribution in [1.29, 1.82) is 0 Å². The molecule has 2 heterocycles. The summed E-state index contributed by atoms with van der Waals surface area (Å²) in [5.41, 5.74) is 0.181. The van der Waals surface area contributed by atoms with Gasteiger partial charge in [-0.25, -0.2) is 9.97 Å². The van der Waals surface area contributed by atoms with E-state index in [2.05, 4.69) is 0 Å². The lowest BCUT2D eigenvalue weighted by atomic mass is 10.2. The highest BCUT2D eigenvalue weighted by Gasteiger charge is 2.31. The molecule has 0 saturated heterocycles. The SMILES string of the molecule is COCCN(CCOC)C(=O)c1nc(-n2cccc2)c(C(=O)N(CCOC)CCOC)nc1N(CCOC)CCOC. The molecule has 2 aromatic heterocycles.